The molecule has 1 saturated heterocycles. The van der Waals surface area contributed by atoms with Gasteiger partial charge in [0.1, 0.15) is 16.9 Å². The summed E-state index contributed by atoms with van der Waals surface area (Å²) < 4.78 is 6.93. The number of ether oxygens (including phenoxy) is 1. The molecule has 4 nitrogen and oxygen atoms in total. The zero-order chi connectivity index (χ0) is 16.2. The number of nitrogens with zero attached hydrogens (tertiary/aromatic N) is 2. The highest BCUT2D eigenvalue weighted by molar-refractivity contribution is 14.1. The molecule has 2 aromatic rings. The van der Waals surface area contributed by atoms with Gasteiger partial charge in [0, 0.05) is 28.6 Å². The number of pyridine rings is 1. The smallest absolute Gasteiger partial charge is 0.255 e. The van der Waals surface area contributed by atoms with E-state index in [1.54, 1.807) is 18.5 Å². The van der Waals surface area contributed by atoms with Gasteiger partial charge in [0.25, 0.3) is 5.91 Å². The Hall–Kier alpha value is -1.34. The topological polar surface area (TPSA) is 42.4 Å². The summed E-state index contributed by atoms with van der Waals surface area (Å²) in [4.78, 5) is 18.5. The van der Waals surface area contributed by atoms with Crippen LogP contribution in [0.4, 0.5) is 0 Å². The highest BCUT2D eigenvalue weighted by atomic mass is 127. The average molecular weight is 443 g/mol. The van der Waals surface area contributed by atoms with Gasteiger partial charge < -0.3 is 9.64 Å². The van der Waals surface area contributed by atoms with E-state index in [0.29, 0.717) is 17.3 Å². The van der Waals surface area contributed by atoms with Crippen LogP contribution in [-0.2, 0) is 0 Å². The number of carbonyl (C=O) groups is 1. The molecule has 0 radical (unpaired) electrons. The largest absolute Gasteiger partial charge is 0.487 e. The molecule has 1 fully saturated rings. The van der Waals surface area contributed by atoms with E-state index in [1.807, 2.05) is 29.2 Å². The maximum absolute atomic E-state index is 12.7. The minimum absolute atomic E-state index is 0.0472. The van der Waals surface area contributed by atoms with Crippen molar-refractivity contribution in [3.05, 3.63) is 56.9 Å². The summed E-state index contributed by atoms with van der Waals surface area (Å²) in [6.07, 6.45) is 5.00. The first-order valence-electron chi connectivity index (χ1n) is 7.45. The molecule has 0 bridgehead atoms. The fourth-order valence-electron chi connectivity index (χ4n) is 2.66. The standard InChI is InChI=1S/C17H16ClIN2O2/c18-14-10-20-8-7-16(14)23-12-4-3-9-21(11-12)17(22)13-5-1-2-6-15(13)19/h1-2,5-8,10,12H,3-4,9,11H2. The van der Waals surface area contributed by atoms with Gasteiger partial charge in [-0.05, 0) is 47.6 Å². The normalized spacial score (nSPS) is 17.8. The van der Waals surface area contributed by atoms with Crippen molar-refractivity contribution in [2.45, 2.75) is 18.9 Å². The average Bonchev–Trinajstić information content (AvgIpc) is 2.57. The Bertz CT molecular complexity index is 710. The Morgan fingerprint density at radius 2 is 2.17 bits per heavy atom. The Morgan fingerprint density at radius 1 is 1.35 bits per heavy atom. The van der Waals surface area contributed by atoms with Crippen LogP contribution in [0.15, 0.2) is 42.7 Å². The van der Waals surface area contributed by atoms with Crippen molar-refractivity contribution in [3.8, 4) is 5.75 Å². The Kier molecular flexibility index (Phi) is 5.38. The van der Waals surface area contributed by atoms with Crippen LogP contribution < -0.4 is 4.74 Å². The molecule has 1 aromatic carbocycles. The van der Waals surface area contributed by atoms with Gasteiger partial charge >= 0.3 is 0 Å². The molecule has 6 heteroatoms. The lowest BCUT2D eigenvalue weighted by Gasteiger charge is -2.33. The van der Waals surface area contributed by atoms with Crippen molar-refractivity contribution < 1.29 is 9.53 Å². The molecule has 120 valence electrons. The van der Waals surface area contributed by atoms with Crippen molar-refractivity contribution >= 4 is 40.1 Å². The van der Waals surface area contributed by atoms with Gasteiger partial charge in [0.15, 0.2) is 0 Å². The lowest BCUT2D eigenvalue weighted by Crippen LogP contribution is -2.44. The van der Waals surface area contributed by atoms with Gasteiger partial charge in [-0.25, -0.2) is 0 Å². The van der Waals surface area contributed by atoms with E-state index in [9.17, 15) is 4.79 Å². The van der Waals surface area contributed by atoms with Crippen molar-refractivity contribution in [3.63, 3.8) is 0 Å². The number of hydrogen-bond donors (Lipinski definition) is 0. The minimum atomic E-state index is -0.0472. The molecular formula is C17H16ClIN2O2. The molecule has 0 aliphatic carbocycles. The third kappa shape index (κ3) is 3.95. The van der Waals surface area contributed by atoms with Gasteiger partial charge in [0.05, 0.1) is 12.1 Å². The van der Waals surface area contributed by atoms with Crippen molar-refractivity contribution in [2.24, 2.45) is 0 Å². The van der Waals surface area contributed by atoms with Crippen LogP contribution in [0.5, 0.6) is 5.75 Å². The van der Waals surface area contributed by atoms with Crippen LogP contribution in [0.3, 0.4) is 0 Å². The summed E-state index contributed by atoms with van der Waals surface area (Å²) in [6, 6.07) is 9.40. The van der Waals surface area contributed by atoms with E-state index in [2.05, 4.69) is 27.6 Å². The highest BCUT2D eigenvalue weighted by Gasteiger charge is 2.26. The van der Waals surface area contributed by atoms with Gasteiger partial charge in [-0.2, -0.15) is 0 Å². The Morgan fingerprint density at radius 3 is 2.96 bits per heavy atom. The third-order valence-electron chi connectivity index (χ3n) is 3.80. The summed E-state index contributed by atoms with van der Waals surface area (Å²) in [6.45, 7) is 1.33. The maximum Gasteiger partial charge on any atom is 0.255 e. The zero-order valence-electron chi connectivity index (χ0n) is 12.4. The first-order chi connectivity index (χ1) is 11.1. The van der Waals surface area contributed by atoms with Crippen molar-refractivity contribution in [1.82, 2.24) is 9.88 Å². The van der Waals surface area contributed by atoms with E-state index in [-0.39, 0.29) is 12.0 Å². The van der Waals surface area contributed by atoms with Crippen LogP contribution in [0, 0.1) is 3.57 Å². The number of rotatable bonds is 3. The Labute approximate surface area is 153 Å². The number of likely N-dealkylation sites (tertiary alicyclic amines) is 1. The van der Waals surface area contributed by atoms with Gasteiger partial charge in [-0.1, -0.05) is 23.7 Å². The maximum atomic E-state index is 12.7. The fourth-order valence-corrected chi connectivity index (χ4v) is 3.44. The molecule has 1 aromatic heterocycles. The number of aromatic nitrogens is 1. The van der Waals surface area contributed by atoms with Gasteiger partial charge in [-0.15, -0.1) is 0 Å². The number of piperidine rings is 1. The second-order valence-corrected chi connectivity index (χ2v) is 6.99. The van der Waals surface area contributed by atoms with Crippen LogP contribution >= 0.6 is 34.2 Å². The second-order valence-electron chi connectivity index (χ2n) is 5.42. The highest BCUT2D eigenvalue weighted by Crippen LogP contribution is 2.26. The number of carbonyl (C=O) groups excluding carboxylic acids is 1. The molecule has 1 atom stereocenters. The molecule has 2 heterocycles. The number of halogens is 2. The quantitative estimate of drug-likeness (QED) is 0.674. The van der Waals surface area contributed by atoms with Crippen LogP contribution in [0.1, 0.15) is 23.2 Å². The van der Waals surface area contributed by atoms with E-state index >= 15 is 0 Å². The molecule has 3 rings (SSSR count). The number of hydrogen-bond acceptors (Lipinski definition) is 3. The van der Waals surface area contributed by atoms with Crippen LogP contribution in [0.2, 0.25) is 5.02 Å². The molecule has 0 saturated carbocycles. The monoisotopic (exact) mass is 442 g/mol. The van der Waals surface area contributed by atoms with Crippen molar-refractivity contribution in [2.75, 3.05) is 13.1 Å². The molecular weight excluding hydrogens is 427 g/mol. The van der Waals surface area contributed by atoms with Crippen LogP contribution in [-0.4, -0.2) is 35.0 Å². The summed E-state index contributed by atoms with van der Waals surface area (Å²) in [7, 11) is 0. The molecule has 0 spiro atoms. The molecule has 1 aliphatic rings. The van der Waals surface area contributed by atoms with Crippen molar-refractivity contribution in [1.29, 1.82) is 0 Å². The predicted octanol–water partition coefficient (Wildman–Crippen LogP) is 4.02. The summed E-state index contributed by atoms with van der Waals surface area (Å²) in [5.41, 5.74) is 0.746. The van der Waals surface area contributed by atoms with Crippen LogP contribution in [0.25, 0.3) is 0 Å². The SMILES string of the molecule is O=C(c1ccccc1I)N1CCCC(Oc2ccncc2Cl)C1. The zero-order valence-corrected chi connectivity index (χ0v) is 15.3. The van der Waals surface area contributed by atoms with E-state index in [0.717, 1.165) is 28.5 Å². The lowest BCUT2D eigenvalue weighted by atomic mass is 10.1. The summed E-state index contributed by atoms with van der Waals surface area (Å²) in [5, 5.41) is 0.494. The second kappa shape index (κ2) is 7.49. The lowest BCUT2D eigenvalue weighted by molar-refractivity contribution is 0.0537. The van der Waals surface area contributed by atoms with E-state index < -0.39 is 0 Å². The molecule has 23 heavy (non-hydrogen) atoms. The first-order valence-corrected chi connectivity index (χ1v) is 8.91. The fraction of sp³-hybridized carbons (Fsp3) is 0.294. The third-order valence-corrected chi connectivity index (χ3v) is 5.02. The number of amides is 1. The Balaban J connectivity index is 1.70. The molecule has 1 amide bonds. The van der Waals surface area contributed by atoms with Gasteiger partial charge in [-0.3, -0.25) is 9.78 Å². The first kappa shape index (κ1) is 16.5. The summed E-state index contributed by atoms with van der Waals surface area (Å²) in [5.74, 6) is 0.680. The molecule has 1 unspecified atom stereocenters. The van der Waals surface area contributed by atoms with E-state index in [1.165, 1.54) is 0 Å². The number of benzene rings is 1. The van der Waals surface area contributed by atoms with E-state index in [4.69, 9.17) is 16.3 Å². The van der Waals surface area contributed by atoms with Gasteiger partial charge in [0.2, 0.25) is 0 Å². The predicted molar refractivity (Wildman–Crippen MR) is 98.0 cm³/mol. The minimum Gasteiger partial charge on any atom is -0.487 e. The summed E-state index contributed by atoms with van der Waals surface area (Å²) >= 11 is 8.29. The molecule has 0 N–H and O–H groups in total. The molecule has 1 aliphatic heterocycles.